The number of carboxylic acids is 2. The first-order chi connectivity index (χ1) is 23.5. The molecule has 0 aromatic heterocycles. The van der Waals surface area contributed by atoms with Crippen molar-refractivity contribution in [3.8, 4) is 11.5 Å². The van der Waals surface area contributed by atoms with Crippen molar-refractivity contribution in [2.24, 2.45) is 0 Å². The van der Waals surface area contributed by atoms with Gasteiger partial charge in [0.2, 0.25) is 0 Å². The van der Waals surface area contributed by atoms with E-state index >= 15 is 0 Å². The van der Waals surface area contributed by atoms with Crippen LogP contribution >= 0.6 is 0 Å². The third kappa shape index (κ3) is 26.7. The van der Waals surface area contributed by atoms with E-state index in [1.54, 1.807) is 36.4 Å². The Morgan fingerprint density at radius 1 is 0.429 bits per heavy atom. The van der Waals surface area contributed by atoms with Gasteiger partial charge in [0.1, 0.15) is 11.5 Å². The van der Waals surface area contributed by atoms with Crippen LogP contribution in [0, 0.1) is 0 Å². The van der Waals surface area contributed by atoms with Crippen LogP contribution in [0.1, 0.15) is 189 Å². The molecular weight excluding hydrogens is 641 g/mol. The number of unbranched alkanes of at least 4 members (excludes halogenated alkanes) is 22. The maximum absolute atomic E-state index is 11.0. The maximum Gasteiger partial charge on any atom is 2.00 e. The summed E-state index contributed by atoms with van der Waals surface area (Å²) in [5, 5.41) is 21.9. The molecule has 0 spiro atoms. The molecule has 0 fully saturated rings. The molecule has 0 bridgehead atoms. The summed E-state index contributed by atoms with van der Waals surface area (Å²) < 4.78 is 11.1. The molecule has 0 unspecified atom stereocenters. The van der Waals surface area contributed by atoms with Crippen LogP contribution in [0.25, 0.3) is 0 Å². The Morgan fingerprint density at radius 3 is 0.939 bits per heavy atom. The van der Waals surface area contributed by atoms with Crippen LogP contribution in [0.3, 0.4) is 0 Å². The first kappa shape index (κ1) is 47.2. The summed E-state index contributed by atoms with van der Waals surface area (Å²) in [5.41, 5.74) is 0.271. The van der Waals surface area contributed by atoms with Gasteiger partial charge in [-0.3, -0.25) is 0 Å². The molecule has 2 rings (SSSR count). The van der Waals surface area contributed by atoms with E-state index in [0.717, 1.165) is 25.7 Å². The molecule has 0 aliphatic carbocycles. The van der Waals surface area contributed by atoms with Crippen LogP contribution in [0.5, 0.6) is 11.5 Å². The van der Waals surface area contributed by atoms with Gasteiger partial charge in [-0.25, -0.2) is 0 Å². The van der Waals surface area contributed by atoms with Crippen LogP contribution in [-0.4, -0.2) is 62.9 Å². The minimum absolute atomic E-state index is 0. The first-order valence-electron chi connectivity index (χ1n) is 19.4. The van der Waals surface area contributed by atoms with E-state index in [0.29, 0.717) is 24.7 Å². The molecule has 0 radical (unpaired) electrons. The van der Waals surface area contributed by atoms with Crippen molar-refractivity contribution in [1.82, 2.24) is 0 Å². The van der Waals surface area contributed by atoms with Gasteiger partial charge >= 0.3 is 37.7 Å². The number of carboxylic acid groups (broad SMARTS) is 2. The standard InChI is InChI=1S/2C21H34O3.Ca/c2*1-2-3-4-5-6-7-8-9-10-11-12-15-18-24-20-17-14-13-16-19(20)21(22)23;/h2*13-14,16-17H,2-12,15,18H2,1H3,(H,22,23);/q;;+2/p-2. The Bertz CT molecular complexity index is 975. The number of hydrogen-bond donors (Lipinski definition) is 0. The number of aromatic carboxylic acids is 2. The number of rotatable bonds is 30. The monoisotopic (exact) mass is 706 g/mol. The third-order valence-electron chi connectivity index (χ3n) is 8.72. The fraction of sp³-hybridized carbons (Fsp3) is 0.667. The van der Waals surface area contributed by atoms with Gasteiger partial charge in [-0.1, -0.05) is 179 Å². The van der Waals surface area contributed by atoms with Crippen molar-refractivity contribution in [3.05, 3.63) is 59.7 Å². The van der Waals surface area contributed by atoms with E-state index in [1.807, 2.05) is 0 Å². The summed E-state index contributed by atoms with van der Waals surface area (Å²) in [6, 6.07) is 13.3. The van der Waals surface area contributed by atoms with E-state index in [4.69, 9.17) is 9.47 Å². The molecule has 2 aromatic carbocycles. The number of hydrogen-bond acceptors (Lipinski definition) is 6. The molecule has 272 valence electrons. The minimum atomic E-state index is -1.18. The van der Waals surface area contributed by atoms with Gasteiger partial charge in [-0.2, -0.15) is 0 Å². The van der Waals surface area contributed by atoms with Gasteiger partial charge in [0.15, 0.2) is 0 Å². The predicted molar refractivity (Wildman–Crippen MR) is 200 cm³/mol. The molecule has 0 amide bonds. The summed E-state index contributed by atoms with van der Waals surface area (Å²) in [4.78, 5) is 21.9. The number of benzene rings is 2. The Balaban J connectivity index is 0.000000922. The number of ether oxygens (including phenoxy) is 2. The minimum Gasteiger partial charge on any atom is -0.545 e. The molecule has 0 saturated heterocycles. The fourth-order valence-corrected chi connectivity index (χ4v) is 5.77. The van der Waals surface area contributed by atoms with Crippen molar-refractivity contribution in [1.29, 1.82) is 0 Å². The molecule has 6 nitrogen and oxygen atoms in total. The van der Waals surface area contributed by atoms with E-state index in [9.17, 15) is 19.8 Å². The van der Waals surface area contributed by atoms with Gasteiger partial charge in [0.05, 0.1) is 25.2 Å². The number of para-hydroxylation sites is 2. The second kappa shape index (κ2) is 34.7. The van der Waals surface area contributed by atoms with Crippen molar-refractivity contribution in [2.45, 2.75) is 168 Å². The summed E-state index contributed by atoms with van der Waals surface area (Å²) in [6.45, 7) is 5.66. The zero-order chi connectivity index (χ0) is 34.9. The average molecular weight is 707 g/mol. The Kier molecular flexibility index (Phi) is 33.4. The number of carbonyl (C=O) groups is 2. The summed E-state index contributed by atoms with van der Waals surface area (Å²) >= 11 is 0. The molecule has 0 saturated carbocycles. The summed E-state index contributed by atoms with van der Waals surface area (Å²) in [5.74, 6) is -1.53. The summed E-state index contributed by atoms with van der Waals surface area (Å²) in [6.07, 6.45) is 31.3. The van der Waals surface area contributed by atoms with E-state index < -0.39 is 11.9 Å². The molecule has 2 aromatic rings. The molecule has 49 heavy (non-hydrogen) atoms. The average Bonchev–Trinajstić information content (AvgIpc) is 3.09. The largest absolute Gasteiger partial charge is 2.00 e. The van der Waals surface area contributed by atoms with E-state index in [2.05, 4.69) is 13.8 Å². The van der Waals surface area contributed by atoms with Crippen LogP contribution in [0.4, 0.5) is 0 Å². The quantitative estimate of drug-likeness (QED) is 0.0593. The second-order valence-electron chi connectivity index (χ2n) is 13.0. The Labute approximate surface area is 329 Å². The fourth-order valence-electron chi connectivity index (χ4n) is 5.77. The van der Waals surface area contributed by atoms with E-state index in [1.165, 1.54) is 141 Å². The second-order valence-corrected chi connectivity index (χ2v) is 13.0. The Hall–Kier alpha value is -1.76. The number of carbonyl (C=O) groups excluding carboxylic acids is 2. The zero-order valence-electron chi connectivity index (χ0n) is 31.2. The molecule has 0 heterocycles. The van der Waals surface area contributed by atoms with Gasteiger partial charge < -0.3 is 29.3 Å². The third-order valence-corrected chi connectivity index (χ3v) is 8.72. The summed E-state index contributed by atoms with van der Waals surface area (Å²) in [7, 11) is 0. The molecular formula is C42H66CaO6. The van der Waals surface area contributed by atoms with Crippen molar-refractivity contribution < 1.29 is 29.3 Å². The molecule has 0 N–H and O–H groups in total. The smallest absolute Gasteiger partial charge is 0.545 e. The topological polar surface area (TPSA) is 98.7 Å². The predicted octanol–water partition coefficient (Wildman–Crippen LogP) is 9.88. The molecule has 0 atom stereocenters. The van der Waals surface area contributed by atoms with Crippen LogP contribution in [0.2, 0.25) is 0 Å². The molecule has 7 heteroatoms. The maximum atomic E-state index is 11.0. The zero-order valence-corrected chi connectivity index (χ0v) is 33.4. The van der Waals surface area contributed by atoms with Gasteiger partial charge in [-0.05, 0) is 37.1 Å². The van der Waals surface area contributed by atoms with Gasteiger partial charge in [0, 0.05) is 11.1 Å². The molecule has 0 aliphatic heterocycles. The van der Waals surface area contributed by atoms with Gasteiger partial charge in [0.25, 0.3) is 0 Å². The Morgan fingerprint density at radius 2 is 0.673 bits per heavy atom. The SMILES string of the molecule is CCCCCCCCCCCCCCOc1ccccc1C(=O)[O-].CCCCCCCCCCCCCCOc1ccccc1C(=O)[O-].[Ca+2]. The first-order valence-corrected chi connectivity index (χ1v) is 19.4. The van der Waals surface area contributed by atoms with Crippen molar-refractivity contribution in [2.75, 3.05) is 13.2 Å². The van der Waals surface area contributed by atoms with Crippen molar-refractivity contribution in [3.63, 3.8) is 0 Å². The van der Waals surface area contributed by atoms with E-state index in [-0.39, 0.29) is 48.9 Å². The van der Waals surface area contributed by atoms with Crippen LogP contribution in [-0.2, 0) is 0 Å². The normalized spacial score (nSPS) is 10.5. The van der Waals surface area contributed by atoms with Crippen LogP contribution in [0.15, 0.2) is 48.5 Å². The van der Waals surface area contributed by atoms with Gasteiger partial charge in [-0.15, -0.1) is 0 Å². The van der Waals surface area contributed by atoms with Crippen molar-refractivity contribution >= 4 is 49.7 Å². The molecule has 0 aliphatic rings. The van der Waals surface area contributed by atoms with Crippen LogP contribution < -0.4 is 19.7 Å².